The zero-order valence-electron chi connectivity index (χ0n) is 33.6. The Morgan fingerprint density at radius 1 is 0.963 bits per heavy atom. The molecule has 4 rings (SSSR count). The van der Waals surface area contributed by atoms with Gasteiger partial charge in [-0.25, -0.2) is 32.9 Å². The fourth-order valence-corrected chi connectivity index (χ4v) is 7.35. The van der Waals surface area contributed by atoms with Gasteiger partial charge >= 0.3 is 5.97 Å². The number of anilines is 2. The Bertz CT molecular complexity index is 2020. The van der Waals surface area contributed by atoms with Gasteiger partial charge in [-0.2, -0.15) is 4.98 Å². The topological polar surface area (TPSA) is 160 Å². The highest BCUT2D eigenvalue weighted by Crippen LogP contribution is 2.35. The predicted octanol–water partition coefficient (Wildman–Crippen LogP) is 7.70. The van der Waals surface area contributed by atoms with Crippen LogP contribution in [0.3, 0.4) is 0 Å². The number of carbonyl (C=O) groups is 1. The van der Waals surface area contributed by atoms with E-state index in [9.17, 15) is 18.3 Å². The van der Waals surface area contributed by atoms with Crippen molar-refractivity contribution in [2.45, 2.75) is 99.6 Å². The fraction of sp³-hybridized carbons (Fsp3) is 0.488. The molecule has 12 nitrogen and oxygen atoms in total. The van der Waals surface area contributed by atoms with Crippen LogP contribution in [0.5, 0.6) is 5.88 Å². The fourth-order valence-electron chi connectivity index (χ4n) is 6.36. The van der Waals surface area contributed by atoms with Crippen molar-refractivity contribution in [1.82, 2.24) is 25.3 Å². The lowest BCUT2D eigenvalue weighted by molar-refractivity contribution is 0.0696. The summed E-state index contributed by atoms with van der Waals surface area (Å²) in [4.78, 5) is 32.1. The smallest absolute Gasteiger partial charge is 0.335 e. The second-order valence-electron chi connectivity index (χ2n) is 16.9. The number of sulfonamides is 1. The molecule has 292 valence electrons. The molecule has 4 aromatic rings. The molecule has 2 heterocycles. The Balaban J connectivity index is 1.68. The molecular formula is C41H57N7O5S. The Kier molecular flexibility index (Phi) is 13.4. The maximum absolute atomic E-state index is 13.6. The summed E-state index contributed by atoms with van der Waals surface area (Å²) < 4.78 is 36.2. The maximum atomic E-state index is 13.6. The van der Waals surface area contributed by atoms with E-state index in [4.69, 9.17) is 9.72 Å². The third-order valence-corrected chi connectivity index (χ3v) is 9.94. The van der Waals surface area contributed by atoms with Crippen molar-refractivity contribution < 1.29 is 23.1 Å². The number of ether oxygens (including phenoxy) is 1. The van der Waals surface area contributed by atoms with Gasteiger partial charge in [-0.1, -0.05) is 79.7 Å². The standard InChI is InChI=1S/C41H57N7O5S/c1-26(2)18-29-15-12-14-27(3)35(29)36-28(4)37(46-39(45-36)47-54(51,52)33-17-13-16-30(19-33)38(49)50)53-24-31(20-40(5,6)7)42-23-34-43-21-32(22-44-34)48(11)25-41(8,9)10/h12-17,19,21-22,26,31,42H,18,20,23-25H2,1-11H3,(H,49,50)(H,45,46,47)/t31-/m1/s1. The number of benzene rings is 2. The molecule has 2 aromatic heterocycles. The minimum atomic E-state index is -4.27. The molecular weight excluding hydrogens is 703 g/mol. The van der Waals surface area contributed by atoms with Crippen molar-refractivity contribution in [3.63, 3.8) is 0 Å². The van der Waals surface area contributed by atoms with Gasteiger partial charge in [0.25, 0.3) is 10.0 Å². The van der Waals surface area contributed by atoms with Crippen LogP contribution in [0.4, 0.5) is 11.6 Å². The number of nitrogens with one attached hydrogen (secondary N) is 2. The molecule has 54 heavy (non-hydrogen) atoms. The molecule has 0 bridgehead atoms. The van der Waals surface area contributed by atoms with E-state index in [1.54, 1.807) is 0 Å². The van der Waals surface area contributed by atoms with Crippen LogP contribution in [0.15, 0.2) is 59.8 Å². The number of hydrogen-bond acceptors (Lipinski definition) is 10. The summed E-state index contributed by atoms with van der Waals surface area (Å²) in [5.41, 5.74) is 5.03. The van der Waals surface area contributed by atoms with Crippen LogP contribution in [0, 0.1) is 30.6 Å². The van der Waals surface area contributed by atoms with Crippen molar-refractivity contribution in [1.29, 1.82) is 0 Å². The van der Waals surface area contributed by atoms with Crippen molar-refractivity contribution in [3.05, 3.63) is 82.9 Å². The van der Waals surface area contributed by atoms with Crippen LogP contribution in [-0.2, 0) is 23.0 Å². The van der Waals surface area contributed by atoms with Crippen LogP contribution < -0.4 is 19.7 Å². The summed E-state index contributed by atoms with van der Waals surface area (Å²) in [6.07, 6.45) is 5.23. The second kappa shape index (κ2) is 17.2. The van der Waals surface area contributed by atoms with Crippen LogP contribution in [0.1, 0.15) is 94.7 Å². The molecule has 0 saturated heterocycles. The Morgan fingerprint density at radius 2 is 1.63 bits per heavy atom. The molecule has 0 radical (unpaired) electrons. The van der Waals surface area contributed by atoms with Crippen LogP contribution >= 0.6 is 0 Å². The first kappa shape index (κ1) is 42.1. The number of rotatable bonds is 16. The lowest BCUT2D eigenvalue weighted by atomic mass is 9.88. The summed E-state index contributed by atoms with van der Waals surface area (Å²) in [6, 6.07) is 11.1. The highest BCUT2D eigenvalue weighted by molar-refractivity contribution is 7.92. The number of aromatic nitrogens is 4. The number of aromatic carboxylic acids is 1. The largest absolute Gasteiger partial charge is 0.478 e. The van der Waals surface area contributed by atoms with Gasteiger partial charge in [0, 0.05) is 30.8 Å². The molecule has 0 aliphatic carbocycles. The SMILES string of the molecule is Cc1cccc(CC(C)C)c1-c1nc(NS(=O)(=O)c2cccc(C(=O)O)c2)nc(OC[C@@H](CC(C)(C)C)NCc2ncc(N(C)CC(C)(C)C)cn2)c1C. The van der Waals surface area contributed by atoms with E-state index in [0.717, 1.165) is 47.8 Å². The third-order valence-electron chi connectivity index (χ3n) is 8.61. The lowest BCUT2D eigenvalue weighted by Crippen LogP contribution is -2.38. The predicted molar refractivity (Wildman–Crippen MR) is 215 cm³/mol. The highest BCUT2D eigenvalue weighted by Gasteiger charge is 2.25. The van der Waals surface area contributed by atoms with Crippen LogP contribution in [-0.4, -0.2) is 65.7 Å². The van der Waals surface area contributed by atoms with Crippen LogP contribution in [0.2, 0.25) is 0 Å². The van der Waals surface area contributed by atoms with Crippen molar-refractivity contribution in [3.8, 4) is 17.1 Å². The Morgan fingerprint density at radius 3 is 2.24 bits per heavy atom. The molecule has 0 saturated carbocycles. The molecule has 3 N–H and O–H groups in total. The summed E-state index contributed by atoms with van der Waals surface area (Å²) in [6.45, 7) is 22.7. The van der Waals surface area contributed by atoms with E-state index in [2.05, 4.69) is 91.3 Å². The summed E-state index contributed by atoms with van der Waals surface area (Å²) in [5, 5.41) is 13.1. The summed E-state index contributed by atoms with van der Waals surface area (Å²) in [5.74, 6) is -0.172. The van der Waals surface area contributed by atoms with E-state index < -0.39 is 16.0 Å². The number of carboxylic acid groups (broad SMARTS) is 1. The van der Waals surface area contributed by atoms with E-state index >= 15 is 0 Å². The molecule has 13 heteroatoms. The average Bonchev–Trinajstić information content (AvgIpc) is 3.06. The Hall–Kier alpha value is -4.62. The van der Waals surface area contributed by atoms with Crippen molar-refractivity contribution in [2.24, 2.45) is 16.7 Å². The normalized spacial score (nSPS) is 12.8. The monoisotopic (exact) mass is 759 g/mol. The molecule has 0 aliphatic heterocycles. The number of nitrogens with zero attached hydrogens (tertiary/aromatic N) is 5. The second-order valence-corrected chi connectivity index (χ2v) is 18.6. The maximum Gasteiger partial charge on any atom is 0.335 e. The van der Waals surface area contributed by atoms with Gasteiger partial charge in [0.15, 0.2) is 0 Å². The quantitative estimate of drug-likeness (QED) is 0.103. The zero-order chi connectivity index (χ0) is 40.0. The molecule has 0 amide bonds. The molecule has 2 aromatic carbocycles. The lowest BCUT2D eigenvalue weighted by Gasteiger charge is -2.28. The zero-order valence-corrected chi connectivity index (χ0v) is 34.4. The van der Waals surface area contributed by atoms with Crippen molar-refractivity contribution in [2.75, 3.05) is 29.8 Å². The van der Waals surface area contributed by atoms with Gasteiger partial charge < -0.3 is 20.1 Å². The number of carboxylic acids is 1. The molecule has 0 fully saturated rings. The number of aryl methyl sites for hydroxylation is 1. The average molecular weight is 760 g/mol. The van der Waals surface area contributed by atoms with E-state index in [-0.39, 0.29) is 45.8 Å². The minimum Gasteiger partial charge on any atom is -0.478 e. The highest BCUT2D eigenvalue weighted by atomic mass is 32.2. The van der Waals surface area contributed by atoms with Gasteiger partial charge in [-0.3, -0.25) is 0 Å². The Labute approximate surface area is 321 Å². The minimum absolute atomic E-state index is 0.0501. The van der Waals surface area contributed by atoms with Gasteiger partial charge in [0.1, 0.15) is 12.4 Å². The molecule has 1 atom stereocenters. The van der Waals surface area contributed by atoms with E-state index in [0.29, 0.717) is 29.5 Å². The summed E-state index contributed by atoms with van der Waals surface area (Å²) in [7, 11) is -2.23. The van der Waals surface area contributed by atoms with E-state index in [1.165, 1.54) is 18.2 Å². The molecule has 0 spiro atoms. The van der Waals surface area contributed by atoms with Gasteiger partial charge in [0.2, 0.25) is 11.8 Å². The molecule has 0 aliphatic rings. The van der Waals surface area contributed by atoms with Gasteiger partial charge in [-0.15, -0.1) is 0 Å². The van der Waals surface area contributed by atoms with Gasteiger partial charge in [-0.05, 0) is 72.8 Å². The molecule has 0 unspecified atom stereocenters. The third kappa shape index (κ3) is 11.9. The first-order valence-corrected chi connectivity index (χ1v) is 19.8. The summed E-state index contributed by atoms with van der Waals surface area (Å²) >= 11 is 0. The number of hydrogen-bond donors (Lipinski definition) is 3. The van der Waals surface area contributed by atoms with E-state index in [1.807, 2.05) is 45.4 Å². The van der Waals surface area contributed by atoms with Crippen LogP contribution in [0.25, 0.3) is 11.3 Å². The first-order chi connectivity index (χ1) is 25.1. The first-order valence-electron chi connectivity index (χ1n) is 18.3. The van der Waals surface area contributed by atoms with Gasteiger partial charge in [0.05, 0.1) is 40.8 Å². The van der Waals surface area contributed by atoms with Crippen molar-refractivity contribution >= 4 is 27.6 Å².